The lowest BCUT2D eigenvalue weighted by atomic mass is 9.78. The highest BCUT2D eigenvalue weighted by molar-refractivity contribution is 6.15. The number of hydrogen-bond acceptors (Lipinski definition) is 4. The molecule has 2 heterocycles. The number of para-hydroxylation sites is 2. The minimum Gasteiger partial charge on any atom is -0.507 e. The van der Waals surface area contributed by atoms with Gasteiger partial charge in [0.25, 0.3) is 0 Å². The largest absolute Gasteiger partial charge is 0.507 e. The third kappa shape index (κ3) is 2.08. The molecule has 29 heavy (non-hydrogen) atoms. The highest BCUT2D eigenvalue weighted by Crippen LogP contribution is 2.54. The molecular formula is C24H20N2O3. The molecule has 0 fully saturated rings. The molecule has 2 N–H and O–H groups in total. The van der Waals surface area contributed by atoms with Crippen molar-refractivity contribution in [3.63, 3.8) is 0 Å². The summed E-state index contributed by atoms with van der Waals surface area (Å²) >= 11 is 0. The van der Waals surface area contributed by atoms with Crippen molar-refractivity contribution in [2.45, 2.75) is 26.5 Å². The number of rotatable bonds is 1. The van der Waals surface area contributed by atoms with Gasteiger partial charge in [0, 0.05) is 22.3 Å². The predicted molar refractivity (Wildman–Crippen MR) is 112 cm³/mol. The molecule has 1 unspecified atom stereocenters. The van der Waals surface area contributed by atoms with Crippen LogP contribution in [-0.4, -0.2) is 25.5 Å². The summed E-state index contributed by atoms with van der Waals surface area (Å²) in [7, 11) is 0. The molecule has 1 aliphatic carbocycles. The van der Waals surface area contributed by atoms with Crippen molar-refractivity contribution in [2.24, 2.45) is 0 Å². The summed E-state index contributed by atoms with van der Waals surface area (Å²) < 4.78 is 1.74. The smallest absolute Gasteiger partial charge is 0.194 e. The standard InChI is InChI=1S/C24H20N2O3/c1-13-15(3)24(29)20(14(2)21(13)27)19(22(28)16-9-5-4-6-10-16)23-25-17-11-7-8-12-18(17)26(23)24/h4-12,28-29H,1-3H3/b22-19-. The van der Waals surface area contributed by atoms with E-state index in [0.29, 0.717) is 44.8 Å². The first kappa shape index (κ1) is 17.6. The Morgan fingerprint density at radius 3 is 2.34 bits per heavy atom. The van der Waals surface area contributed by atoms with Gasteiger partial charge < -0.3 is 10.2 Å². The van der Waals surface area contributed by atoms with Crippen LogP contribution >= 0.6 is 0 Å². The number of Topliss-reactive ketones (excluding diaryl/α,β-unsaturated/α-hetero) is 1. The van der Waals surface area contributed by atoms with Gasteiger partial charge in [-0.2, -0.15) is 0 Å². The average molecular weight is 384 g/mol. The lowest BCUT2D eigenvalue weighted by molar-refractivity contribution is -0.113. The van der Waals surface area contributed by atoms with Gasteiger partial charge in [0.15, 0.2) is 11.5 Å². The number of carbonyl (C=O) groups excluding carboxylic acids is 1. The summed E-state index contributed by atoms with van der Waals surface area (Å²) in [5.74, 6) is 0.314. The number of carbonyl (C=O) groups is 1. The van der Waals surface area contributed by atoms with Gasteiger partial charge in [0.2, 0.25) is 0 Å². The maximum Gasteiger partial charge on any atom is 0.194 e. The number of benzene rings is 2. The van der Waals surface area contributed by atoms with Crippen LogP contribution in [0.4, 0.5) is 0 Å². The SMILES string of the molecule is CC1=C(C)C2(O)C(=C(C)C1=O)/C(=C(/O)c1ccccc1)c1nc3ccccc3n12. The predicted octanol–water partition coefficient (Wildman–Crippen LogP) is 4.36. The number of fused-ring (bicyclic) bond motifs is 5. The molecule has 0 saturated carbocycles. The van der Waals surface area contributed by atoms with E-state index in [9.17, 15) is 15.0 Å². The summed E-state index contributed by atoms with van der Waals surface area (Å²) in [6.07, 6.45) is 0. The third-order valence-electron chi connectivity index (χ3n) is 6.13. The van der Waals surface area contributed by atoms with Crippen LogP contribution in [0.2, 0.25) is 0 Å². The van der Waals surface area contributed by atoms with Gasteiger partial charge in [-0.15, -0.1) is 0 Å². The number of aliphatic hydroxyl groups is 2. The van der Waals surface area contributed by atoms with Gasteiger partial charge in [0.1, 0.15) is 11.6 Å². The second kappa shape index (κ2) is 5.78. The Bertz CT molecular complexity index is 1310. The molecule has 2 aliphatic rings. The zero-order chi connectivity index (χ0) is 20.5. The summed E-state index contributed by atoms with van der Waals surface area (Å²) in [5.41, 5.74) is 2.76. The molecule has 2 aromatic carbocycles. The number of aliphatic hydroxyl groups excluding tert-OH is 1. The van der Waals surface area contributed by atoms with E-state index in [2.05, 4.69) is 0 Å². The molecule has 3 aromatic rings. The van der Waals surface area contributed by atoms with Crippen LogP contribution in [-0.2, 0) is 10.5 Å². The first-order valence-corrected chi connectivity index (χ1v) is 9.51. The van der Waals surface area contributed by atoms with E-state index in [1.165, 1.54) is 0 Å². The van der Waals surface area contributed by atoms with Crippen LogP contribution in [0.15, 0.2) is 76.9 Å². The maximum atomic E-state index is 12.9. The monoisotopic (exact) mass is 384 g/mol. The molecule has 0 radical (unpaired) electrons. The second-order valence-corrected chi connectivity index (χ2v) is 7.60. The number of allylic oxidation sites excluding steroid dienone is 2. The van der Waals surface area contributed by atoms with Crippen molar-refractivity contribution in [1.82, 2.24) is 9.55 Å². The second-order valence-electron chi connectivity index (χ2n) is 7.60. The normalized spacial score (nSPS) is 23.0. The van der Waals surface area contributed by atoms with Gasteiger partial charge in [-0.1, -0.05) is 42.5 Å². The van der Waals surface area contributed by atoms with E-state index in [1.54, 1.807) is 37.5 Å². The highest BCUT2D eigenvalue weighted by atomic mass is 16.3. The number of hydrogen-bond donors (Lipinski definition) is 2. The Kier molecular flexibility index (Phi) is 3.52. The molecule has 144 valence electrons. The van der Waals surface area contributed by atoms with E-state index >= 15 is 0 Å². The molecule has 5 nitrogen and oxygen atoms in total. The fourth-order valence-corrected chi connectivity index (χ4v) is 4.51. The van der Waals surface area contributed by atoms with Gasteiger partial charge >= 0.3 is 0 Å². The minimum atomic E-state index is -1.58. The van der Waals surface area contributed by atoms with Crippen LogP contribution in [0.1, 0.15) is 32.2 Å². The zero-order valence-electron chi connectivity index (χ0n) is 16.4. The van der Waals surface area contributed by atoms with E-state index in [1.807, 2.05) is 42.5 Å². The van der Waals surface area contributed by atoms with Crippen molar-refractivity contribution < 1.29 is 15.0 Å². The number of nitrogens with zero attached hydrogens (tertiary/aromatic N) is 2. The molecule has 0 spiro atoms. The van der Waals surface area contributed by atoms with Gasteiger partial charge in [-0.05, 0) is 38.5 Å². The summed E-state index contributed by atoms with van der Waals surface area (Å²) in [6.45, 7) is 5.19. The number of ketones is 1. The number of imidazole rings is 1. The maximum absolute atomic E-state index is 12.9. The summed E-state index contributed by atoms with van der Waals surface area (Å²) in [4.78, 5) is 17.6. The van der Waals surface area contributed by atoms with Crippen molar-refractivity contribution in [3.05, 3.63) is 88.3 Å². The highest BCUT2D eigenvalue weighted by Gasteiger charge is 2.53. The fourth-order valence-electron chi connectivity index (χ4n) is 4.51. The van der Waals surface area contributed by atoms with Crippen LogP contribution in [0.3, 0.4) is 0 Å². The molecule has 5 heteroatoms. The minimum absolute atomic E-state index is 0.00687. The quantitative estimate of drug-likeness (QED) is 0.612. The topological polar surface area (TPSA) is 75.3 Å². The lowest BCUT2D eigenvalue weighted by Gasteiger charge is -2.34. The Hall–Kier alpha value is -3.44. The van der Waals surface area contributed by atoms with Crippen molar-refractivity contribution in [2.75, 3.05) is 0 Å². The van der Waals surface area contributed by atoms with E-state index in [-0.39, 0.29) is 11.5 Å². The van der Waals surface area contributed by atoms with Gasteiger partial charge in [0.05, 0.1) is 16.6 Å². The molecule has 1 atom stereocenters. The van der Waals surface area contributed by atoms with Gasteiger partial charge in [-0.25, -0.2) is 4.98 Å². The van der Waals surface area contributed by atoms with E-state index < -0.39 is 5.72 Å². The lowest BCUT2D eigenvalue weighted by Crippen LogP contribution is -2.38. The third-order valence-corrected chi connectivity index (χ3v) is 6.13. The number of aromatic nitrogens is 2. The Morgan fingerprint density at radius 1 is 0.966 bits per heavy atom. The molecule has 5 rings (SSSR count). The van der Waals surface area contributed by atoms with Crippen molar-refractivity contribution in [1.29, 1.82) is 0 Å². The first-order chi connectivity index (χ1) is 13.9. The molecule has 0 bridgehead atoms. The van der Waals surface area contributed by atoms with Crippen molar-refractivity contribution in [3.8, 4) is 0 Å². The van der Waals surface area contributed by atoms with Crippen molar-refractivity contribution >= 4 is 28.1 Å². The average Bonchev–Trinajstić information content (AvgIpc) is 3.25. The molecule has 0 amide bonds. The molecular weight excluding hydrogens is 364 g/mol. The Balaban J connectivity index is 1.98. The zero-order valence-corrected chi connectivity index (χ0v) is 16.4. The van der Waals surface area contributed by atoms with Crippen LogP contribution in [0, 0.1) is 0 Å². The fraction of sp³-hybridized carbons (Fsp3) is 0.167. The Labute approximate surface area is 167 Å². The van der Waals surface area contributed by atoms with E-state index in [4.69, 9.17) is 4.98 Å². The van der Waals surface area contributed by atoms with Gasteiger partial charge in [-0.3, -0.25) is 9.36 Å². The summed E-state index contributed by atoms with van der Waals surface area (Å²) in [5, 5.41) is 23.3. The molecule has 1 aliphatic heterocycles. The molecule has 1 aromatic heterocycles. The van der Waals surface area contributed by atoms with E-state index in [0.717, 1.165) is 5.52 Å². The first-order valence-electron chi connectivity index (χ1n) is 9.51. The van der Waals surface area contributed by atoms with Crippen LogP contribution in [0.25, 0.3) is 22.4 Å². The summed E-state index contributed by atoms with van der Waals surface area (Å²) in [6, 6.07) is 16.6. The molecule has 0 saturated heterocycles. The van der Waals surface area contributed by atoms with Crippen LogP contribution in [0.5, 0.6) is 0 Å². The van der Waals surface area contributed by atoms with Crippen LogP contribution < -0.4 is 0 Å². The Morgan fingerprint density at radius 2 is 1.62 bits per heavy atom.